The molecule has 1 saturated heterocycles. The molecule has 1 atom stereocenters. The van der Waals surface area contributed by atoms with Crippen LogP contribution in [0.5, 0.6) is 0 Å². The van der Waals surface area contributed by atoms with Gasteiger partial charge in [0.1, 0.15) is 23.0 Å². The van der Waals surface area contributed by atoms with Crippen LogP contribution in [-0.4, -0.2) is 79.2 Å². The largest absolute Gasteiger partial charge is 0.364 e. The summed E-state index contributed by atoms with van der Waals surface area (Å²) >= 11 is 0. The fourth-order valence-corrected chi connectivity index (χ4v) is 6.61. The zero-order chi connectivity index (χ0) is 33.3. The van der Waals surface area contributed by atoms with Gasteiger partial charge in [0.15, 0.2) is 5.65 Å². The molecule has 0 unspecified atom stereocenters. The number of para-hydroxylation sites is 1. The number of fused-ring (bicyclic) bond motifs is 4. The molecule has 244 valence electrons. The number of pyridine rings is 1. The molecule has 0 radical (unpaired) electrons. The van der Waals surface area contributed by atoms with Crippen molar-refractivity contribution in [2.45, 2.75) is 38.8 Å². The molecule has 8 rings (SSSR count). The van der Waals surface area contributed by atoms with E-state index in [4.69, 9.17) is 5.10 Å². The maximum Gasteiger partial charge on any atom is 0.272 e. The second-order valence-electron chi connectivity index (χ2n) is 12.7. The number of rotatable bonds is 7. The summed E-state index contributed by atoms with van der Waals surface area (Å²) in [6.07, 6.45) is 3.73. The Labute approximate surface area is 276 Å². The number of aryl methyl sites for hydroxylation is 1. The Kier molecular flexibility index (Phi) is 6.89. The minimum absolute atomic E-state index is 0.00457. The molecular formula is C34H35N11O3. The molecule has 0 bridgehead atoms. The molecule has 3 amide bonds. The van der Waals surface area contributed by atoms with Crippen LogP contribution >= 0.6 is 0 Å². The Morgan fingerprint density at radius 1 is 0.958 bits per heavy atom. The highest BCUT2D eigenvalue weighted by atomic mass is 16.2. The Morgan fingerprint density at radius 2 is 1.73 bits per heavy atom. The highest BCUT2D eigenvalue weighted by molar-refractivity contribution is 5.97. The van der Waals surface area contributed by atoms with Gasteiger partial charge in [-0.15, -0.1) is 0 Å². The first kappa shape index (κ1) is 29.6. The van der Waals surface area contributed by atoms with E-state index in [1.165, 1.54) is 7.05 Å². The lowest BCUT2D eigenvalue weighted by molar-refractivity contribution is -0.117. The molecule has 6 heterocycles. The second kappa shape index (κ2) is 11.2. The average molecular weight is 646 g/mol. The molecule has 3 aliphatic rings. The van der Waals surface area contributed by atoms with E-state index in [2.05, 4.69) is 56.0 Å². The zero-order valence-electron chi connectivity index (χ0n) is 27.1. The Bertz CT molecular complexity index is 2130. The number of likely N-dealkylation sites (tertiary alicyclic amines) is 1. The number of aromatic nitrogens is 6. The zero-order valence-corrected chi connectivity index (χ0v) is 27.1. The lowest BCUT2D eigenvalue weighted by atomic mass is 9.93. The number of anilines is 4. The number of benzene rings is 1. The number of nitrogens with zero attached hydrogens (tertiary/aromatic N) is 8. The molecule has 1 saturated carbocycles. The minimum atomic E-state index is -0.335. The van der Waals surface area contributed by atoms with Crippen LogP contribution in [0.3, 0.4) is 0 Å². The number of carbonyl (C=O) groups excluding carboxylic acids is 3. The van der Waals surface area contributed by atoms with Crippen LogP contribution in [0.25, 0.3) is 16.8 Å². The van der Waals surface area contributed by atoms with Crippen molar-refractivity contribution in [1.82, 2.24) is 39.6 Å². The maximum atomic E-state index is 13.2. The predicted octanol–water partition coefficient (Wildman–Crippen LogP) is 3.96. The number of nitrogens with one attached hydrogen (secondary N) is 3. The summed E-state index contributed by atoms with van der Waals surface area (Å²) in [6.45, 7) is 5.05. The molecule has 5 aromatic rings. The van der Waals surface area contributed by atoms with E-state index >= 15 is 0 Å². The van der Waals surface area contributed by atoms with Crippen molar-refractivity contribution in [2.75, 3.05) is 42.7 Å². The quantitative estimate of drug-likeness (QED) is 0.239. The van der Waals surface area contributed by atoms with E-state index in [1.54, 1.807) is 27.6 Å². The summed E-state index contributed by atoms with van der Waals surface area (Å²) in [5, 5.41) is 18.6. The van der Waals surface area contributed by atoms with E-state index in [0.29, 0.717) is 30.4 Å². The third-order valence-corrected chi connectivity index (χ3v) is 9.42. The summed E-state index contributed by atoms with van der Waals surface area (Å²) in [6, 6.07) is 14.7. The second-order valence-corrected chi connectivity index (χ2v) is 12.7. The standard InChI is InChI=1S/C34H35N11O3/c1-18-13-28-39-27(40-32(46)20-11-12-20)14-29(45(28)41-18)38-24-8-5-7-22-23-15-36-44(30(23)19(2)42(4)31(22)24)21-16-43(17-21)34(48)26-10-6-9-25(37-26)33(47)35-3/h5-10,13-15,19-21,38H,11-12,16-17H2,1-4H3,(H,35,47)(H,39,40,46)/t19-/m1/s1. The molecule has 1 aromatic carbocycles. The number of hydrogen-bond acceptors (Lipinski definition) is 9. The van der Waals surface area contributed by atoms with Crippen molar-refractivity contribution in [3.8, 4) is 11.1 Å². The SMILES string of the molecule is CNC(=O)c1cccc(C(=O)N2CC(n3ncc4c3[C@@H](C)N(C)c3c(Nc5cc(NC(=O)C6CC6)nc6cc(C)nn56)cccc3-4)C2)n1. The van der Waals surface area contributed by atoms with E-state index < -0.39 is 0 Å². The summed E-state index contributed by atoms with van der Waals surface area (Å²) in [5.74, 6) is 0.681. The number of amides is 3. The van der Waals surface area contributed by atoms with Crippen molar-refractivity contribution in [3.05, 3.63) is 77.5 Å². The molecule has 4 aromatic heterocycles. The minimum Gasteiger partial charge on any atom is -0.364 e. The van der Waals surface area contributed by atoms with Crippen LogP contribution in [0.4, 0.5) is 23.0 Å². The van der Waals surface area contributed by atoms with Crippen molar-refractivity contribution >= 4 is 46.4 Å². The van der Waals surface area contributed by atoms with Gasteiger partial charge in [0.05, 0.1) is 41.0 Å². The third-order valence-electron chi connectivity index (χ3n) is 9.42. The molecule has 0 spiro atoms. The smallest absolute Gasteiger partial charge is 0.272 e. The number of hydrogen-bond donors (Lipinski definition) is 3. The van der Waals surface area contributed by atoms with Gasteiger partial charge in [-0.05, 0) is 44.9 Å². The lowest BCUT2D eigenvalue weighted by Gasteiger charge is -2.42. The van der Waals surface area contributed by atoms with Crippen LogP contribution in [0.1, 0.15) is 64.2 Å². The lowest BCUT2D eigenvalue weighted by Crippen LogP contribution is -2.52. The van der Waals surface area contributed by atoms with Gasteiger partial charge >= 0.3 is 0 Å². The molecular weight excluding hydrogens is 610 g/mol. The first-order chi connectivity index (χ1) is 23.2. The van der Waals surface area contributed by atoms with Gasteiger partial charge in [0.25, 0.3) is 11.8 Å². The van der Waals surface area contributed by atoms with Gasteiger partial charge < -0.3 is 25.8 Å². The van der Waals surface area contributed by atoms with Crippen LogP contribution in [0, 0.1) is 12.8 Å². The van der Waals surface area contributed by atoms with Crippen molar-refractivity contribution < 1.29 is 14.4 Å². The fourth-order valence-electron chi connectivity index (χ4n) is 6.61. The normalized spacial score (nSPS) is 17.0. The highest BCUT2D eigenvalue weighted by Gasteiger charge is 2.39. The van der Waals surface area contributed by atoms with Gasteiger partial charge in [-0.1, -0.05) is 18.2 Å². The van der Waals surface area contributed by atoms with E-state index in [9.17, 15) is 14.4 Å². The summed E-state index contributed by atoms with van der Waals surface area (Å²) in [7, 11) is 3.60. The Hall–Kier alpha value is -5.79. The molecule has 1 aliphatic carbocycles. The average Bonchev–Trinajstić information content (AvgIpc) is 3.72. The van der Waals surface area contributed by atoms with E-state index in [0.717, 1.165) is 46.7 Å². The van der Waals surface area contributed by atoms with Crippen LogP contribution in [0.15, 0.2) is 54.7 Å². The molecule has 2 aliphatic heterocycles. The van der Waals surface area contributed by atoms with Crippen LogP contribution < -0.4 is 20.9 Å². The van der Waals surface area contributed by atoms with Crippen molar-refractivity contribution in [1.29, 1.82) is 0 Å². The topological polar surface area (TPSA) is 155 Å². The van der Waals surface area contributed by atoms with Gasteiger partial charge in [-0.3, -0.25) is 19.1 Å². The molecule has 14 heteroatoms. The van der Waals surface area contributed by atoms with Crippen molar-refractivity contribution in [2.24, 2.45) is 5.92 Å². The summed E-state index contributed by atoms with van der Waals surface area (Å²) < 4.78 is 3.80. The van der Waals surface area contributed by atoms with Crippen LogP contribution in [0.2, 0.25) is 0 Å². The fraction of sp³-hybridized carbons (Fsp3) is 0.324. The van der Waals surface area contributed by atoms with Gasteiger partial charge in [-0.2, -0.15) is 14.7 Å². The maximum absolute atomic E-state index is 13.2. The van der Waals surface area contributed by atoms with E-state index in [1.807, 2.05) is 42.1 Å². The predicted molar refractivity (Wildman–Crippen MR) is 179 cm³/mol. The van der Waals surface area contributed by atoms with Gasteiger partial charge in [0.2, 0.25) is 5.91 Å². The third kappa shape index (κ3) is 4.91. The van der Waals surface area contributed by atoms with Gasteiger partial charge in [-0.25, -0.2) is 9.97 Å². The van der Waals surface area contributed by atoms with E-state index in [-0.39, 0.29) is 47.1 Å². The first-order valence-corrected chi connectivity index (χ1v) is 16.1. The first-order valence-electron chi connectivity index (χ1n) is 16.1. The molecule has 2 fully saturated rings. The highest BCUT2D eigenvalue weighted by Crippen LogP contribution is 2.49. The molecule has 14 nitrogen and oxygen atoms in total. The molecule has 48 heavy (non-hydrogen) atoms. The van der Waals surface area contributed by atoms with Crippen LogP contribution in [-0.2, 0) is 4.79 Å². The Morgan fingerprint density at radius 3 is 2.50 bits per heavy atom. The van der Waals surface area contributed by atoms with Crippen molar-refractivity contribution in [3.63, 3.8) is 0 Å². The monoisotopic (exact) mass is 645 g/mol. The van der Waals surface area contributed by atoms with Gasteiger partial charge in [0, 0.05) is 56.4 Å². The number of carbonyl (C=O) groups is 3. The summed E-state index contributed by atoms with van der Waals surface area (Å²) in [5.41, 5.74) is 6.96. The molecule has 3 N–H and O–H groups in total. The summed E-state index contributed by atoms with van der Waals surface area (Å²) in [4.78, 5) is 50.7. The Balaban J connectivity index is 1.07.